The number of carboxylic acids is 1. The Kier molecular flexibility index (Phi) is 3.03. The van der Waals surface area contributed by atoms with Gasteiger partial charge in [0.25, 0.3) is 0 Å². The Balaban J connectivity index is 2.39. The summed E-state index contributed by atoms with van der Waals surface area (Å²) < 4.78 is 0. The van der Waals surface area contributed by atoms with Crippen molar-refractivity contribution in [3.8, 4) is 0 Å². The highest BCUT2D eigenvalue weighted by molar-refractivity contribution is 5.79. The molecule has 3 N–H and O–H groups in total. The lowest BCUT2D eigenvalue weighted by atomic mass is 10.0. The van der Waals surface area contributed by atoms with Gasteiger partial charge in [-0.05, 0) is 23.8 Å². The van der Waals surface area contributed by atoms with Crippen LogP contribution in [0.15, 0.2) is 36.5 Å². The molecule has 1 aromatic heterocycles. The minimum atomic E-state index is -1.83. The zero-order chi connectivity index (χ0) is 12.4. The van der Waals surface area contributed by atoms with Crippen LogP contribution in [0.5, 0.6) is 0 Å². The smallest absolute Gasteiger partial charge is 0.335 e. The number of hydrogen-bond acceptors (Lipinski definition) is 4. The second-order valence-corrected chi connectivity index (χ2v) is 3.68. The lowest BCUT2D eigenvalue weighted by Crippen LogP contribution is -2.27. The van der Waals surface area contributed by atoms with Gasteiger partial charge in [-0.2, -0.15) is 0 Å². The quantitative estimate of drug-likeness (QED) is 0.726. The molecule has 2 rings (SSSR count). The van der Waals surface area contributed by atoms with Crippen molar-refractivity contribution in [2.24, 2.45) is 0 Å². The molecular weight excluding hydrogens is 222 g/mol. The summed E-state index contributed by atoms with van der Waals surface area (Å²) in [7, 11) is 0. The zero-order valence-corrected chi connectivity index (χ0v) is 8.82. The summed E-state index contributed by atoms with van der Waals surface area (Å²) in [5.41, 5.74) is 1.09. The number of fused-ring (bicyclic) bond motifs is 1. The van der Waals surface area contributed by atoms with Crippen molar-refractivity contribution < 1.29 is 20.1 Å². The maximum atomic E-state index is 10.6. The molecule has 0 fully saturated rings. The summed E-state index contributed by atoms with van der Waals surface area (Å²) in [6.07, 6.45) is -1.63. The average Bonchev–Trinajstić information content (AvgIpc) is 2.36. The molecular formula is C12H11NO4. The van der Waals surface area contributed by atoms with E-state index in [0.717, 1.165) is 10.9 Å². The molecule has 0 amide bonds. The second kappa shape index (κ2) is 4.48. The summed E-state index contributed by atoms with van der Waals surface area (Å²) >= 11 is 0. The minimum Gasteiger partial charge on any atom is -0.479 e. The number of aromatic nitrogens is 1. The normalized spacial score (nSPS) is 14.5. The SMILES string of the molecule is O=C(O)C(O)C(O)c1ccc2ncccc2c1. The Bertz CT molecular complexity index is 555. The van der Waals surface area contributed by atoms with Gasteiger partial charge >= 0.3 is 5.97 Å². The van der Waals surface area contributed by atoms with Crippen molar-refractivity contribution in [1.82, 2.24) is 4.98 Å². The van der Waals surface area contributed by atoms with Gasteiger partial charge in [0.15, 0.2) is 6.10 Å². The average molecular weight is 233 g/mol. The van der Waals surface area contributed by atoms with Crippen molar-refractivity contribution in [3.63, 3.8) is 0 Å². The third-order valence-corrected chi connectivity index (χ3v) is 2.52. The van der Waals surface area contributed by atoms with Crippen LogP contribution in [0.2, 0.25) is 0 Å². The van der Waals surface area contributed by atoms with Crippen LogP contribution in [0.3, 0.4) is 0 Å². The van der Waals surface area contributed by atoms with Crippen LogP contribution in [-0.4, -0.2) is 32.4 Å². The monoisotopic (exact) mass is 233 g/mol. The molecule has 2 atom stereocenters. The largest absolute Gasteiger partial charge is 0.479 e. The summed E-state index contributed by atoms with van der Waals surface area (Å²) in [6, 6.07) is 8.37. The fourth-order valence-electron chi connectivity index (χ4n) is 1.60. The highest BCUT2D eigenvalue weighted by Crippen LogP contribution is 2.21. The van der Waals surface area contributed by atoms with Crippen LogP contribution in [0.4, 0.5) is 0 Å². The van der Waals surface area contributed by atoms with Crippen molar-refractivity contribution in [2.45, 2.75) is 12.2 Å². The molecule has 1 heterocycles. The Morgan fingerprint density at radius 3 is 2.71 bits per heavy atom. The number of aliphatic carboxylic acids is 1. The van der Waals surface area contributed by atoms with Gasteiger partial charge < -0.3 is 15.3 Å². The van der Waals surface area contributed by atoms with E-state index in [1.54, 1.807) is 36.5 Å². The van der Waals surface area contributed by atoms with Crippen molar-refractivity contribution >= 4 is 16.9 Å². The molecule has 2 unspecified atom stereocenters. The molecule has 5 nitrogen and oxygen atoms in total. The molecule has 5 heteroatoms. The molecule has 0 bridgehead atoms. The molecule has 0 saturated heterocycles. The first kappa shape index (κ1) is 11.5. The van der Waals surface area contributed by atoms with Gasteiger partial charge in [-0.1, -0.05) is 12.1 Å². The molecule has 17 heavy (non-hydrogen) atoms. The van der Waals surface area contributed by atoms with Crippen LogP contribution < -0.4 is 0 Å². The van der Waals surface area contributed by atoms with Crippen molar-refractivity contribution in [3.05, 3.63) is 42.1 Å². The molecule has 0 spiro atoms. The van der Waals surface area contributed by atoms with Crippen LogP contribution in [0.25, 0.3) is 10.9 Å². The summed E-state index contributed by atoms with van der Waals surface area (Å²) in [5.74, 6) is -1.45. The topological polar surface area (TPSA) is 90.7 Å². The van der Waals surface area contributed by atoms with Gasteiger partial charge in [-0.15, -0.1) is 0 Å². The van der Waals surface area contributed by atoms with Crippen LogP contribution in [0, 0.1) is 0 Å². The Morgan fingerprint density at radius 1 is 1.24 bits per heavy atom. The standard InChI is InChI=1S/C12H11NO4/c14-10(11(15)12(16)17)8-3-4-9-7(6-8)2-1-5-13-9/h1-6,10-11,14-15H,(H,16,17). The predicted molar refractivity (Wildman–Crippen MR) is 60.3 cm³/mol. The Hall–Kier alpha value is -1.98. The van der Waals surface area contributed by atoms with Gasteiger partial charge in [0.2, 0.25) is 0 Å². The maximum Gasteiger partial charge on any atom is 0.335 e. The summed E-state index contributed by atoms with van der Waals surface area (Å²) in [4.78, 5) is 14.7. The van der Waals surface area contributed by atoms with Gasteiger partial charge in [-0.25, -0.2) is 4.79 Å². The molecule has 0 saturated carbocycles. The zero-order valence-electron chi connectivity index (χ0n) is 8.82. The first-order chi connectivity index (χ1) is 8.09. The van der Waals surface area contributed by atoms with E-state index in [2.05, 4.69) is 4.98 Å². The number of aliphatic hydroxyl groups is 2. The Morgan fingerprint density at radius 2 is 2.00 bits per heavy atom. The van der Waals surface area contributed by atoms with Crippen molar-refractivity contribution in [1.29, 1.82) is 0 Å². The van der Waals surface area contributed by atoms with Gasteiger partial charge in [-0.3, -0.25) is 4.98 Å². The predicted octanol–water partition coefficient (Wildman–Crippen LogP) is 0.714. The van der Waals surface area contributed by atoms with E-state index in [-0.39, 0.29) is 0 Å². The number of carboxylic acid groups (broad SMARTS) is 1. The molecule has 0 radical (unpaired) electrons. The van der Waals surface area contributed by atoms with E-state index >= 15 is 0 Å². The van der Waals surface area contributed by atoms with E-state index in [1.165, 1.54) is 0 Å². The number of aliphatic hydroxyl groups excluding tert-OH is 2. The molecule has 1 aromatic carbocycles. The van der Waals surface area contributed by atoms with Gasteiger partial charge in [0, 0.05) is 11.6 Å². The fraction of sp³-hybridized carbons (Fsp3) is 0.167. The minimum absolute atomic E-state index is 0.348. The molecule has 0 aliphatic heterocycles. The fourth-order valence-corrected chi connectivity index (χ4v) is 1.60. The third kappa shape index (κ3) is 2.25. The lowest BCUT2D eigenvalue weighted by molar-refractivity contribution is -0.153. The number of rotatable bonds is 3. The Labute approximate surface area is 97.0 Å². The summed E-state index contributed by atoms with van der Waals surface area (Å²) in [5, 5.41) is 28.3. The number of pyridine rings is 1. The van der Waals surface area contributed by atoms with Crippen molar-refractivity contribution in [2.75, 3.05) is 0 Å². The first-order valence-electron chi connectivity index (χ1n) is 5.03. The van der Waals surface area contributed by atoms with E-state index in [4.69, 9.17) is 5.11 Å². The lowest BCUT2D eigenvalue weighted by Gasteiger charge is -2.14. The van der Waals surface area contributed by atoms with Gasteiger partial charge in [0.1, 0.15) is 6.10 Å². The van der Waals surface area contributed by atoms with E-state index in [0.29, 0.717) is 5.56 Å². The molecule has 0 aliphatic carbocycles. The van der Waals surface area contributed by atoms with Gasteiger partial charge in [0.05, 0.1) is 5.52 Å². The maximum absolute atomic E-state index is 10.6. The highest BCUT2D eigenvalue weighted by atomic mass is 16.4. The van der Waals surface area contributed by atoms with E-state index in [9.17, 15) is 15.0 Å². The van der Waals surface area contributed by atoms with E-state index < -0.39 is 18.2 Å². The van der Waals surface area contributed by atoms with E-state index in [1.807, 2.05) is 0 Å². The molecule has 0 aliphatic rings. The first-order valence-corrected chi connectivity index (χ1v) is 5.03. The molecule has 2 aromatic rings. The number of nitrogens with zero attached hydrogens (tertiary/aromatic N) is 1. The number of carbonyl (C=O) groups is 1. The van der Waals surface area contributed by atoms with Crippen LogP contribution in [-0.2, 0) is 4.79 Å². The number of benzene rings is 1. The van der Waals surface area contributed by atoms with Crippen LogP contribution >= 0.6 is 0 Å². The summed E-state index contributed by atoms with van der Waals surface area (Å²) in [6.45, 7) is 0. The number of hydrogen-bond donors (Lipinski definition) is 3. The molecule has 88 valence electrons. The third-order valence-electron chi connectivity index (χ3n) is 2.52. The highest BCUT2D eigenvalue weighted by Gasteiger charge is 2.25. The van der Waals surface area contributed by atoms with Crippen LogP contribution in [0.1, 0.15) is 11.7 Å². The second-order valence-electron chi connectivity index (χ2n) is 3.68.